The summed E-state index contributed by atoms with van der Waals surface area (Å²) in [4.78, 5) is 35.1. The van der Waals surface area contributed by atoms with Crippen LogP contribution in [0.4, 0.5) is 0 Å². The number of carbonyl (C=O) groups is 2. The summed E-state index contributed by atoms with van der Waals surface area (Å²) in [6.07, 6.45) is 6.86. The first-order valence-corrected chi connectivity index (χ1v) is 9.39. The third-order valence-corrected chi connectivity index (χ3v) is 5.15. The number of nitrogens with two attached hydrogens (primary N) is 3. The van der Waals surface area contributed by atoms with E-state index in [1.54, 1.807) is 12.3 Å². The van der Waals surface area contributed by atoms with E-state index < -0.39 is 5.91 Å². The fourth-order valence-corrected chi connectivity index (χ4v) is 3.81. The average Bonchev–Trinajstić information content (AvgIpc) is 3.11. The highest BCUT2D eigenvalue weighted by molar-refractivity contribution is 6.01. The van der Waals surface area contributed by atoms with Crippen molar-refractivity contribution in [2.45, 2.75) is 44.4 Å². The van der Waals surface area contributed by atoms with Crippen LogP contribution in [0.3, 0.4) is 0 Å². The van der Waals surface area contributed by atoms with Gasteiger partial charge in [0.1, 0.15) is 6.10 Å². The van der Waals surface area contributed by atoms with E-state index in [0.717, 1.165) is 25.7 Å². The van der Waals surface area contributed by atoms with Crippen LogP contribution in [-0.4, -0.2) is 44.3 Å². The molecule has 9 N–H and O–H groups in total. The number of rotatable bonds is 4. The van der Waals surface area contributed by atoms with Crippen LogP contribution in [0.5, 0.6) is 5.88 Å². The largest absolute Gasteiger partial charge is 0.472 e. The second-order valence-electron chi connectivity index (χ2n) is 6.80. The van der Waals surface area contributed by atoms with Gasteiger partial charge in [-0.25, -0.2) is 10.8 Å². The second-order valence-corrected chi connectivity index (χ2v) is 6.80. The maximum absolute atomic E-state index is 13.0. The van der Waals surface area contributed by atoms with Gasteiger partial charge in [0.05, 0.1) is 29.4 Å². The number of carbonyl (C=O) groups excluding carboxylic acids is 2. The van der Waals surface area contributed by atoms with E-state index in [0.29, 0.717) is 23.7 Å². The minimum atomic E-state index is -0.467. The number of aromatic nitrogens is 2. The Bertz CT molecular complexity index is 865. The van der Waals surface area contributed by atoms with Gasteiger partial charge in [-0.2, -0.15) is 0 Å². The number of pyridine rings is 2. The maximum atomic E-state index is 13.0. The third kappa shape index (κ3) is 4.71. The molecule has 1 fully saturated rings. The number of nitrogens with one attached hydrogen (secondary N) is 1. The van der Waals surface area contributed by atoms with Crippen LogP contribution in [0.15, 0.2) is 36.7 Å². The molecule has 1 aliphatic carbocycles. The van der Waals surface area contributed by atoms with Crippen LogP contribution in [0.25, 0.3) is 0 Å². The molecule has 2 aliphatic rings. The Labute approximate surface area is 173 Å². The van der Waals surface area contributed by atoms with Crippen LogP contribution in [-0.2, 0) is 6.54 Å². The molecule has 2 atom stereocenters. The third-order valence-electron chi connectivity index (χ3n) is 5.15. The normalized spacial score (nSPS) is 19.7. The van der Waals surface area contributed by atoms with Crippen molar-refractivity contribution in [3.8, 4) is 5.88 Å². The molecule has 0 aromatic carbocycles. The molecule has 30 heavy (non-hydrogen) atoms. The van der Waals surface area contributed by atoms with Crippen molar-refractivity contribution < 1.29 is 19.8 Å². The number of nitrogen functional groups attached to an aromatic ring is 1. The summed E-state index contributed by atoms with van der Waals surface area (Å²) in [6, 6.07) is 7.06. The molecule has 2 amide bonds. The lowest BCUT2D eigenvalue weighted by atomic mass is 9.91. The van der Waals surface area contributed by atoms with Gasteiger partial charge >= 0.3 is 0 Å². The van der Waals surface area contributed by atoms with Gasteiger partial charge in [-0.15, -0.1) is 0 Å². The van der Waals surface area contributed by atoms with Crippen molar-refractivity contribution in [2.75, 3.05) is 0 Å². The van der Waals surface area contributed by atoms with Gasteiger partial charge in [-0.3, -0.25) is 31.7 Å². The molecule has 0 spiro atoms. The Kier molecular flexibility index (Phi) is 8.18. The summed E-state index contributed by atoms with van der Waals surface area (Å²) >= 11 is 0. The van der Waals surface area contributed by atoms with Crippen molar-refractivity contribution in [3.05, 3.63) is 53.5 Å². The Morgan fingerprint density at radius 3 is 2.67 bits per heavy atom. The van der Waals surface area contributed by atoms with Crippen LogP contribution in [0.2, 0.25) is 0 Å². The van der Waals surface area contributed by atoms with Gasteiger partial charge in [0.2, 0.25) is 5.88 Å². The molecule has 1 aliphatic heterocycles. The molecule has 0 bridgehead atoms. The lowest BCUT2D eigenvalue weighted by Crippen LogP contribution is -2.48. The zero-order chi connectivity index (χ0) is 20.8. The number of hydrogen-bond donors (Lipinski definition) is 4. The Morgan fingerprint density at radius 1 is 1.20 bits per heavy atom. The molecule has 2 aromatic heterocycles. The minimum Gasteiger partial charge on any atom is -0.472 e. The first kappa shape index (κ1) is 23.2. The van der Waals surface area contributed by atoms with Gasteiger partial charge in [0.25, 0.3) is 11.8 Å². The van der Waals surface area contributed by atoms with Gasteiger partial charge in [0, 0.05) is 18.5 Å². The molecule has 11 heteroatoms. The molecule has 0 radical (unpaired) electrons. The van der Waals surface area contributed by atoms with Crippen LogP contribution < -0.4 is 27.7 Å². The highest BCUT2D eigenvalue weighted by Crippen LogP contribution is 2.32. The summed E-state index contributed by atoms with van der Waals surface area (Å²) in [5, 5.41) is 0. The molecule has 1 saturated carbocycles. The van der Waals surface area contributed by atoms with Crippen molar-refractivity contribution in [1.82, 2.24) is 20.3 Å². The molecule has 2 aromatic rings. The minimum absolute atomic E-state index is 0. The lowest BCUT2D eigenvalue weighted by Gasteiger charge is -2.37. The summed E-state index contributed by atoms with van der Waals surface area (Å²) < 4.78 is 6.10. The van der Waals surface area contributed by atoms with Gasteiger partial charge in [-0.05, 0) is 31.4 Å². The van der Waals surface area contributed by atoms with Crippen molar-refractivity contribution >= 4 is 11.8 Å². The molecule has 0 unspecified atom stereocenters. The van der Waals surface area contributed by atoms with Gasteiger partial charge < -0.3 is 15.1 Å². The lowest BCUT2D eigenvalue weighted by molar-refractivity contribution is 0.0280. The molecular formula is C19H27N7O4. The fourth-order valence-electron chi connectivity index (χ4n) is 3.81. The topological polar surface area (TPSA) is 194 Å². The van der Waals surface area contributed by atoms with E-state index in [1.165, 1.54) is 6.20 Å². The number of amides is 2. The maximum Gasteiger partial charge on any atom is 0.266 e. The van der Waals surface area contributed by atoms with E-state index in [-0.39, 0.29) is 29.1 Å². The summed E-state index contributed by atoms with van der Waals surface area (Å²) in [5.74, 6) is 13.2. The highest BCUT2D eigenvalue weighted by atomic mass is 16.5. The first-order valence-electron chi connectivity index (χ1n) is 9.39. The van der Waals surface area contributed by atoms with Crippen LogP contribution in [0.1, 0.15) is 52.1 Å². The Hall–Kier alpha value is -3.12. The van der Waals surface area contributed by atoms with E-state index >= 15 is 0 Å². The zero-order valence-electron chi connectivity index (χ0n) is 16.5. The molecule has 3 heterocycles. The van der Waals surface area contributed by atoms with E-state index in [2.05, 4.69) is 27.1 Å². The van der Waals surface area contributed by atoms with E-state index in [4.69, 9.17) is 10.6 Å². The first-order chi connectivity index (χ1) is 14.2. The molecular weight excluding hydrogens is 390 g/mol. The second kappa shape index (κ2) is 10.6. The molecule has 162 valence electrons. The quantitative estimate of drug-likeness (QED) is 0.288. The van der Waals surface area contributed by atoms with Crippen LogP contribution in [0, 0.1) is 0 Å². The molecule has 11 nitrogen and oxygen atoms in total. The SMILES string of the molecule is NN.NNC(=O)c1cnc2c(c1)C(=O)N([C@@H]1CCCC[C@H]1Oc1ccccn1)C2.O. The predicted octanol–water partition coefficient (Wildman–Crippen LogP) is -0.580. The summed E-state index contributed by atoms with van der Waals surface area (Å²) in [5.41, 5.74) is 3.47. The van der Waals surface area contributed by atoms with Gasteiger partial charge in [-0.1, -0.05) is 12.5 Å². The standard InChI is InChI=1S/C19H21N5O3.H4N2.H2O/c20-23-18(25)12-9-13-14(22-10-12)11-24(19(13)26)15-5-1-2-6-16(15)27-17-7-3-4-8-21-17;1-2;/h3-4,7-10,15-16H,1-2,5-6,11,20H2,(H,23,25);1-2H2;1H2/t15-,16-;;/m1../s1. The molecule has 0 saturated heterocycles. The molecule has 4 rings (SSSR count). The van der Waals surface area contributed by atoms with Crippen LogP contribution >= 0.6 is 0 Å². The summed E-state index contributed by atoms with van der Waals surface area (Å²) in [6.45, 7) is 0.422. The van der Waals surface area contributed by atoms with Crippen molar-refractivity contribution in [2.24, 2.45) is 17.5 Å². The number of fused-ring (bicyclic) bond motifs is 1. The van der Waals surface area contributed by atoms with Gasteiger partial charge in [0.15, 0.2) is 0 Å². The number of hydrogen-bond acceptors (Lipinski definition) is 8. The van der Waals surface area contributed by atoms with E-state index in [9.17, 15) is 9.59 Å². The number of ether oxygens (including phenoxy) is 1. The average molecular weight is 417 g/mol. The van der Waals surface area contributed by atoms with Crippen molar-refractivity contribution in [3.63, 3.8) is 0 Å². The smallest absolute Gasteiger partial charge is 0.266 e. The highest BCUT2D eigenvalue weighted by Gasteiger charge is 2.40. The fraction of sp³-hybridized carbons (Fsp3) is 0.368. The Morgan fingerprint density at radius 2 is 1.97 bits per heavy atom. The predicted molar refractivity (Wildman–Crippen MR) is 109 cm³/mol. The number of nitrogens with zero attached hydrogens (tertiary/aromatic N) is 3. The van der Waals surface area contributed by atoms with E-state index in [1.807, 2.05) is 23.1 Å². The summed E-state index contributed by atoms with van der Waals surface area (Å²) in [7, 11) is 0. The Balaban J connectivity index is 0.00000104. The monoisotopic (exact) mass is 417 g/mol. The zero-order valence-corrected chi connectivity index (χ0v) is 16.5. The number of hydrazine groups is 2. The van der Waals surface area contributed by atoms with Crippen molar-refractivity contribution in [1.29, 1.82) is 0 Å².